The van der Waals surface area contributed by atoms with E-state index in [9.17, 15) is 14.4 Å². The Morgan fingerprint density at radius 2 is 1.60 bits per heavy atom. The molecule has 1 saturated heterocycles. The van der Waals surface area contributed by atoms with Crippen LogP contribution in [-0.4, -0.2) is 46.3 Å². The topological polar surface area (TPSA) is 95.7 Å². The Morgan fingerprint density at radius 1 is 0.971 bits per heavy atom. The van der Waals surface area contributed by atoms with Crippen molar-refractivity contribution in [1.29, 1.82) is 0 Å². The lowest BCUT2D eigenvalue weighted by Crippen LogP contribution is -2.53. The van der Waals surface area contributed by atoms with Gasteiger partial charge in [-0.15, -0.1) is 0 Å². The fraction of sp³-hybridized carbons (Fsp3) is 0.464. The van der Waals surface area contributed by atoms with Crippen LogP contribution >= 0.6 is 0 Å². The van der Waals surface area contributed by atoms with E-state index in [2.05, 4.69) is 5.32 Å². The third-order valence-corrected chi connectivity index (χ3v) is 6.77. The van der Waals surface area contributed by atoms with E-state index in [0.29, 0.717) is 32.5 Å². The molecule has 35 heavy (non-hydrogen) atoms. The lowest BCUT2D eigenvalue weighted by Gasteiger charge is -2.29. The first kappa shape index (κ1) is 26.4. The van der Waals surface area contributed by atoms with Gasteiger partial charge in [-0.05, 0) is 36.4 Å². The molecule has 1 heterocycles. The molecule has 0 unspecified atom stereocenters. The second-order valence-electron chi connectivity index (χ2n) is 9.29. The van der Waals surface area contributed by atoms with Gasteiger partial charge in [0, 0.05) is 13.1 Å². The van der Waals surface area contributed by atoms with Gasteiger partial charge in [0.2, 0.25) is 5.91 Å². The van der Waals surface area contributed by atoms with Gasteiger partial charge in [0.15, 0.2) is 0 Å². The van der Waals surface area contributed by atoms with E-state index >= 15 is 0 Å². The minimum absolute atomic E-state index is 0.173. The second-order valence-corrected chi connectivity index (χ2v) is 9.29. The molecule has 3 atom stereocenters. The molecule has 2 aromatic rings. The molecule has 0 aromatic heterocycles. The number of nitrogens with two attached hydrogens (primary N) is 1. The number of rotatable bonds is 13. The van der Waals surface area contributed by atoms with Crippen LogP contribution in [-0.2, 0) is 22.7 Å². The molecule has 1 aliphatic rings. The summed E-state index contributed by atoms with van der Waals surface area (Å²) in [7, 11) is 0. The maximum Gasteiger partial charge on any atom is 0.328 e. The normalized spacial score (nSPS) is 17.5. The summed E-state index contributed by atoms with van der Waals surface area (Å²) in [5.74, 6) is -0.750. The highest BCUT2D eigenvalue weighted by Crippen LogP contribution is 2.29. The van der Waals surface area contributed by atoms with Crippen molar-refractivity contribution in [3.05, 3.63) is 71.8 Å². The number of nitrogens with one attached hydrogen (secondary N) is 1. The molecule has 0 radical (unpaired) electrons. The van der Waals surface area contributed by atoms with Gasteiger partial charge in [0.25, 0.3) is 5.91 Å². The Balaban J connectivity index is 1.83. The van der Waals surface area contributed by atoms with Crippen LogP contribution in [0.15, 0.2) is 60.7 Å². The van der Waals surface area contributed by atoms with E-state index in [4.69, 9.17) is 5.73 Å². The number of carbonyl (C=O) groups is 3. The molecule has 2 aromatic carbocycles. The summed E-state index contributed by atoms with van der Waals surface area (Å²) < 4.78 is 0. The summed E-state index contributed by atoms with van der Waals surface area (Å²) in [6.07, 6.45) is 3.82. The Kier molecular flexibility index (Phi) is 9.85. The quantitative estimate of drug-likeness (QED) is 0.335. The van der Waals surface area contributed by atoms with Crippen molar-refractivity contribution in [2.45, 2.75) is 71.1 Å². The molecule has 4 amide bonds. The molecule has 188 valence electrons. The Morgan fingerprint density at radius 3 is 2.20 bits per heavy atom. The first-order valence-corrected chi connectivity index (χ1v) is 12.7. The number of hydrogen-bond donors (Lipinski definition) is 2. The molecule has 7 nitrogen and oxygen atoms in total. The lowest BCUT2D eigenvalue weighted by molar-refractivity contribution is -0.138. The van der Waals surface area contributed by atoms with Gasteiger partial charge < -0.3 is 16.0 Å². The van der Waals surface area contributed by atoms with Crippen molar-refractivity contribution < 1.29 is 14.4 Å². The van der Waals surface area contributed by atoms with E-state index in [1.807, 2.05) is 74.5 Å². The fourth-order valence-electron chi connectivity index (χ4n) is 4.55. The van der Waals surface area contributed by atoms with Crippen molar-refractivity contribution in [2.24, 2.45) is 11.7 Å². The smallest absolute Gasteiger partial charge is 0.328 e. The molecule has 0 bridgehead atoms. The van der Waals surface area contributed by atoms with Crippen molar-refractivity contribution in [2.75, 3.05) is 6.54 Å². The summed E-state index contributed by atoms with van der Waals surface area (Å²) in [6, 6.07) is 17.5. The molecule has 7 heteroatoms. The van der Waals surface area contributed by atoms with E-state index < -0.39 is 12.1 Å². The van der Waals surface area contributed by atoms with Crippen LogP contribution in [0, 0.1) is 5.92 Å². The highest BCUT2D eigenvalue weighted by atomic mass is 16.2. The van der Waals surface area contributed by atoms with Crippen LogP contribution in [0.25, 0.3) is 0 Å². The van der Waals surface area contributed by atoms with Crippen LogP contribution in [0.5, 0.6) is 0 Å². The molecule has 0 saturated carbocycles. The Hall–Kier alpha value is -3.19. The predicted octanol–water partition coefficient (Wildman–Crippen LogP) is 4.07. The van der Waals surface area contributed by atoms with E-state index in [-0.39, 0.29) is 23.8 Å². The molecule has 1 fully saturated rings. The van der Waals surface area contributed by atoms with E-state index in [1.165, 1.54) is 4.90 Å². The summed E-state index contributed by atoms with van der Waals surface area (Å²) in [6.45, 7) is 5.18. The number of urea groups is 1. The first-order chi connectivity index (χ1) is 17.0. The zero-order valence-electron chi connectivity index (χ0n) is 20.9. The van der Waals surface area contributed by atoms with Crippen LogP contribution in [0.2, 0.25) is 0 Å². The largest absolute Gasteiger partial charge is 0.350 e. The SMILES string of the molecule is CC[C@H](C)[C@H](C(=O)NCc1ccccc1)N1C(=O)[C@@H](CCCCCN)N(Cc2ccccc2)C1=O. The molecular weight excluding hydrogens is 440 g/mol. The van der Waals surface area contributed by atoms with Crippen LogP contribution in [0.3, 0.4) is 0 Å². The number of unbranched alkanes of at least 4 members (excludes halogenated alkanes) is 2. The fourth-order valence-corrected chi connectivity index (χ4v) is 4.55. The maximum atomic E-state index is 13.7. The molecule has 0 spiro atoms. The number of benzene rings is 2. The summed E-state index contributed by atoms with van der Waals surface area (Å²) >= 11 is 0. The zero-order chi connectivity index (χ0) is 25.2. The van der Waals surface area contributed by atoms with Gasteiger partial charge >= 0.3 is 6.03 Å². The maximum absolute atomic E-state index is 13.7. The molecule has 0 aliphatic carbocycles. The van der Waals surface area contributed by atoms with E-state index in [0.717, 1.165) is 30.4 Å². The number of carbonyl (C=O) groups excluding carboxylic acids is 3. The number of imide groups is 1. The van der Waals surface area contributed by atoms with Crippen LogP contribution < -0.4 is 11.1 Å². The molecular formula is C28H38N4O3. The third kappa shape index (κ3) is 6.69. The monoisotopic (exact) mass is 478 g/mol. The van der Waals surface area contributed by atoms with Gasteiger partial charge in [-0.2, -0.15) is 0 Å². The lowest BCUT2D eigenvalue weighted by atomic mass is 9.96. The standard InChI is InChI=1S/C28H38N4O3/c1-3-21(2)25(26(33)30-19-22-13-7-4-8-14-22)32-27(34)24(17-11-6-12-18-29)31(28(32)35)20-23-15-9-5-10-16-23/h4-5,7-10,13-16,21,24-25H,3,6,11-12,17-20,29H2,1-2H3,(H,30,33)/t21-,24+,25+/m0/s1. The minimum atomic E-state index is -0.851. The van der Waals surface area contributed by atoms with Gasteiger partial charge in [-0.3, -0.25) is 9.59 Å². The number of hydrogen-bond acceptors (Lipinski definition) is 4. The van der Waals surface area contributed by atoms with Crippen molar-refractivity contribution >= 4 is 17.8 Å². The highest BCUT2D eigenvalue weighted by molar-refractivity contribution is 6.07. The zero-order valence-corrected chi connectivity index (χ0v) is 20.9. The third-order valence-electron chi connectivity index (χ3n) is 6.77. The Labute approximate surface area is 208 Å². The molecule has 1 aliphatic heterocycles. The van der Waals surface area contributed by atoms with E-state index in [1.54, 1.807) is 4.90 Å². The van der Waals surface area contributed by atoms with Gasteiger partial charge in [0.05, 0.1) is 0 Å². The van der Waals surface area contributed by atoms with Crippen molar-refractivity contribution in [3.8, 4) is 0 Å². The summed E-state index contributed by atoms with van der Waals surface area (Å²) in [5.41, 5.74) is 7.55. The molecule has 3 N–H and O–H groups in total. The Bertz CT molecular complexity index is 967. The average Bonchev–Trinajstić information content (AvgIpc) is 3.10. The average molecular weight is 479 g/mol. The van der Waals surface area contributed by atoms with Crippen molar-refractivity contribution in [3.63, 3.8) is 0 Å². The minimum Gasteiger partial charge on any atom is -0.350 e. The predicted molar refractivity (Wildman–Crippen MR) is 137 cm³/mol. The van der Waals surface area contributed by atoms with Crippen molar-refractivity contribution in [1.82, 2.24) is 15.1 Å². The second kappa shape index (κ2) is 13.0. The van der Waals surface area contributed by atoms with Crippen LogP contribution in [0.4, 0.5) is 4.79 Å². The van der Waals surface area contributed by atoms with Gasteiger partial charge in [0.1, 0.15) is 12.1 Å². The summed E-state index contributed by atoms with van der Waals surface area (Å²) in [5, 5.41) is 2.95. The van der Waals surface area contributed by atoms with Crippen LogP contribution in [0.1, 0.15) is 57.1 Å². The highest BCUT2D eigenvalue weighted by Gasteiger charge is 2.50. The van der Waals surface area contributed by atoms with Gasteiger partial charge in [-0.25, -0.2) is 9.69 Å². The first-order valence-electron chi connectivity index (χ1n) is 12.7. The number of nitrogens with zero attached hydrogens (tertiary/aromatic N) is 2. The number of amides is 4. The molecule has 3 rings (SSSR count). The summed E-state index contributed by atoms with van der Waals surface area (Å²) in [4.78, 5) is 43.6. The van der Waals surface area contributed by atoms with Gasteiger partial charge in [-0.1, -0.05) is 93.8 Å².